The molecular formula is C34H41N3O9. The number of benzene rings is 2. The van der Waals surface area contributed by atoms with Crippen molar-refractivity contribution in [1.29, 1.82) is 0 Å². The number of ether oxygens (including phenoxy) is 2. The Kier molecular flexibility index (Phi) is 10.3. The Morgan fingerprint density at radius 1 is 0.891 bits per heavy atom. The fourth-order valence-electron chi connectivity index (χ4n) is 7.59. The van der Waals surface area contributed by atoms with Gasteiger partial charge in [0.15, 0.2) is 11.5 Å². The first-order valence-corrected chi connectivity index (χ1v) is 15.9. The lowest BCUT2D eigenvalue weighted by atomic mass is 9.53. The SMILES string of the molecule is CC(=O)Oc1cccc(C(=O)NCCCC[C@H](Nc2cccc(C(=O)ONC34CC5CC(CC(C5)C3)C4)c2)C(=O)O)c1OC(C)=O. The van der Waals surface area contributed by atoms with Gasteiger partial charge in [-0.2, -0.15) is 0 Å². The van der Waals surface area contributed by atoms with Crippen molar-refractivity contribution in [2.24, 2.45) is 17.8 Å². The fraction of sp³-hybridized carbons (Fsp3) is 0.500. The van der Waals surface area contributed by atoms with Gasteiger partial charge in [0.25, 0.3) is 5.91 Å². The van der Waals surface area contributed by atoms with Crippen LogP contribution in [0.4, 0.5) is 5.69 Å². The topological polar surface area (TPSA) is 169 Å². The van der Waals surface area contributed by atoms with E-state index in [0.717, 1.165) is 19.3 Å². The van der Waals surface area contributed by atoms with E-state index < -0.39 is 35.8 Å². The lowest BCUT2D eigenvalue weighted by molar-refractivity contribution is -0.138. The molecule has 4 bridgehead atoms. The third-order valence-corrected chi connectivity index (χ3v) is 9.06. The normalized spacial score (nSPS) is 23.2. The van der Waals surface area contributed by atoms with Gasteiger partial charge in [0, 0.05) is 26.1 Å². The number of aliphatic carboxylic acids is 1. The molecule has 4 aliphatic carbocycles. The quantitative estimate of drug-likeness (QED) is 0.0988. The number of carboxylic acids is 1. The third-order valence-electron chi connectivity index (χ3n) is 9.06. The molecule has 0 spiro atoms. The van der Waals surface area contributed by atoms with E-state index >= 15 is 0 Å². The van der Waals surface area contributed by atoms with Crippen molar-refractivity contribution in [1.82, 2.24) is 10.8 Å². The molecule has 0 aromatic heterocycles. The first-order chi connectivity index (χ1) is 22.0. The van der Waals surface area contributed by atoms with Crippen molar-refractivity contribution in [3.05, 3.63) is 53.6 Å². The van der Waals surface area contributed by atoms with E-state index in [1.807, 2.05) is 0 Å². The Balaban J connectivity index is 1.10. The molecule has 0 radical (unpaired) electrons. The van der Waals surface area contributed by atoms with Gasteiger partial charge < -0.3 is 30.1 Å². The molecule has 12 nitrogen and oxygen atoms in total. The first kappa shape index (κ1) is 32.9. The van der Waals surface area contributed by atoms with E-state index in [2.05, 4.69) is 16.1 Å². The lowest BCUT2D eigenvalue weighted by Crippen LogP contribution is -2.58. The van der Waals surface area contributed by atoms with Gasteiger partial charge >= 0.3 is 23.9 Å². The summed E-state index contributed by atoms with van der Waals surface area (Å²) >= 11 is 0. The van der Waals surface area contributed by atoms with Gasteiger partial charge in [0.1, 0.15) is 6.04 Å². The van der Waals surface area contributed by atoms with Crippen LogP contribution in [0, 0.1) is 17.8 Å². The maximum Gasteiger partial charge on any atom is 0.356 e. The number of para-hydroxylation sites is 1. The zero-order valence-corrected chi connectivity index (χ0v) is 26.1. The summed E-state index contributed by atoms with van der Waals surface area (Å²) in [5, 5.41) is 15.5. The molecule has 2 aromatic rings. The van der Waals surface area contributed by atoms with E-state index in [4.69, 9.17) is 14.3 Å². The number of carboxylic acid groups (broad SMARTS) is 1. The van der Waals surface area contributed by atoms with Crippen molar-refractivity contribution < 1.29 is 43.4 Å². The van der Waals surface area contributed by atoms with Crippen LogP contribution in [-0.2, 0) is 19.2 Å². The maximum absolute atomic E-state index is 12.9. The van der Waals surface area contributed by atoms with Crippen LogP contribution < -0.4 is 25.6 Å². The number of amides is 1. The lowest BCUT2D eigenvalue weighted by Gasteiger charge is -2.56. The van der Waals surface area contributed by atoms with Crippen molar-refractivity contribution in [2.45, 2.75) is 83.2 Å². The largest absolute Gasteiger partial charge is 0.480 e. The summed E-state index contributed by atoms with van der Waals surface area (Å²) in [6, 6.07) is 10.0. The molecule has 1 atom stereocenters. The molecule has 0 heterocycles. The molecule has 6 rings (SSSR count). The summed E-state index contributed by atoms with van der Waals surface area (Å²) in [7, 11) is 0. The standard InChI is InChI=1S/C34H41N3O9/c1-20(38)44-29-11-6-9-27(30(29)45-21(2)39)31(40)35-12-4-3-10-28(32(41)42)36-26-8-5-7-25(16-26)33(43)46-37-34-17-22-13-23(18-34)15-24(14-22)19-34/h5-9,11,16,22-24,28,36-37H,3-4,10,12-15,17-19H2,1-2H3,(H,35,40)(H,41,42)/t22?,23?,24?,28-,34?/m0/s1. The molecule has 4 fully saturated rings. The third kappa shape index (κ3) is 8.22. The Morgan fingerprint density at radius 2 is 1.54 bits per heavy atom. The van der Waals surface area contributed by atoms with Gasteiger partial charge in [-0.1, -0.05) is 12.1 Å². The molecule has 12 heteroatoms. The Hall–Kier alpha value is -4.45. The van der Waals surface area contributed by atoms with Crippen LogP contribution in [0.2, 0.25) is 0 Å². The highest BCUT2D eigenvalue weighted by Gasteiger charge is 2.51. The average Bonchev–Trinajstić information content (AvgIpc) is 2.99. The number of hydrogen-bond acceptors (Lipinski definition) is 10. The smallest absolute Gasteiger partial charge is 0.356 e. The number of hydroxylamine groups is 1. The predicted octanol–water partition coefficient (Wildman–Crippen LogP) is 4.63. The van der Waals surface area contributed by atoms with E-state index in [1.165, 1.54) is 51.3 Å². The van der Waals surface area contributed by atoms with Crippen LogP contribution in [0.1, 0.15) is 92.4 Å². The molecule has 4 aliphatic rings. The highest BCUT2D eigenvalue weighted by atomic mass is 16.7. The summed E-state index contributed by atoms with van der Waals surface area (Å²) in [4.78, 5) is 66.4. The minimum absolute atomic E-state index is 0.0190. The van der Waals surface area contributed by atoms with Crippen molar-refractivity contribution in [3.63, 3.8) is 0 Å². The second-order valence-electron chi connectivity index (χ2n) is 12.9. The van der Waals surface area contributed by atoms with Gasteiger partial charge in [-0.15, -0.1) is 5.48 Å². The van der Waals surface area contributed by atoms with Crippen molar-refractivity contribution >= 4 is 35.5 Å². The molecule has 0 saturated heterocycles. The van der Waals surface area contributed by atoms with Crippen LogP contribution in [-0.4, -0.2) is 53.0 Å². The number of carbonyl (C=O) groups is 5. The minimum Gasteiger partial charge on any atom is -0.480 e. The number of rotatable bonds is 14. The molecular weight excluding hydrogens is 594 g/mol. The molecule has 0 aliphatic heterocycles. The minimum atomic E-state index is -1.05. The monoisotopic (exact) mass is 635 g/mol. The fourth-order valence-corrected chi connectivity index (χ4v) is 7.59. The molecule has 4 saturated carbocycles. The number of anilines is 1. The molecule has 246 valence electrons. The van der Waals surface area contributed by atoms with Crippen LogP contribution in [0.15, 0.2) is 42.5 Å². The number of unbranched alkanes of at least 4 members (excludes halogenated alkanes) is 1. The van der Waals surface area contributed by atoms with Gasteiger partial charge in [-0.25, -0.2) is 9.59 Å². The number of carbonyl (C=O) groups excluding carboxylic acids is 4. The summed E-state index contributed by atoms with van der Waals surface area (Å²) in [5.41, 5.74) is 3.84. The van der Waals surface area contributed by atoms with Crippen LogP contribution in [0.25, 0.3) is 0 Å². The Morgan fingerprint density at radius 3 is 2.17 bits per heavy atom. The second kappa shape index (κ2) is 14.3. The number of hydrogen-bond donors (Lipinski definition) is 4. The van der Waals surface area contributed by atoms with Gasteiger partial charge in [0.2, 0.25) is 0 Å². The van der Waals surface area contributed by atoms with Gasteiger partial charge in [-0.3, -0.25) is 14.4 Å². The Labute approximate surface area is 267 Å². The van der Waals surface area contributed by atoms with E-state index in [1.54, 1.807) is 24.3 Å². The zero-order chi connectivity index (χ0) is 32.8. The van der Waals surface area contributed by atoms with Crippen LogP contribution in [0.5, 0.6) is 11.5 Å². The molecule has 2 aromatic carbocycles. The summed E-state index contributed by atoms with van der Waals surface area (Å²) in [6.45, 7) is 2.58. The van der Waals surface area contributed by atoms with Crippen LogP contribution in [0.3, 0.4) is 0 Å². The Bertz CT molecular complexity index is 1450. The van der Waals surface area contributed by atoms with E-state index in [0.29, 0.717) is 41.8 Å². The zero-order valence-electron chi connectivity index (χ0n) is 26.1. The van der Waals surface area contributed by atoms with Crippen LogP contribution >= 0.6 is 0 Å². The number of esters is 2. The number of nitrogens with one attached hydrogen (secondary N) is 3. The van der Waals surface area contributed by atoms with Crippen molar-refractivity contribution in [3.8, 4) is 11.5 Å². The van der Waals surface area contributed by atoms with Crippen molar-refractivity contribution in [2.75, 3.05) is 11.9 Å². The molecule has 46 heavy (non-hydrogen) atoms. The second-order valence-corrected chi connectivity index (χ2v) is 12.9. The summed E-state index contributed by atoms with van der Waals surface area (Å²) in [5.74, 6) is -1.50. The average molecular weight is 636 g/mol. The highest BCUT2D eigenvalue weighted by molar-refractivity contribution is 5.98. The molecule has 0 unspecified atom stereocenters. The summed E-state index contributed by atoms with van der Waals surface area (Å²) < 4.78 is 10.2. The summed E-state index contributed by atoms with van der Waals surface area (Å²) in [6.07, 6.45) is 8.16. The maximum atomic E-state index is 12.9. The van der Waals surface area contributed by atoms with Gasteiger partial charge in [-0.05, 0) is 106 Å². The predicted molar refractivity (Wildman–Crippen MR) is 166 cm³/mol. The van der Waals surface area contributed by atoms with E-state index in [-0.39, 0.29) is 35.6 Å². The molecule has 1 amide bonds. The first-order valence-electron chi connectivity index (χ1n) is 15.9. The highest BCUT2D eigenvalue weighted by Crippen LogP contribution is 2.55. The molecule has 4 N–H and O–H groups in total. The van der Waals surface area contributed by atoms with E-state index in [9.17, 15) is 29.1 Å². The van der Waals surface area contributed by atoms with Gasteiger partial charge in [0.05, 0.1) is 16.7 Å².